The summed E-state index contributed by atoms with van der Waals surface area (Å²) in [6.07, 6.45) is 4.66. The molecular weight excluding hydrogens is 238 g/mol. The van der Waals surface area contributed by atoms with Gasteiger partial charge >= 0.3 is 0 Å². The highest BCUT2D eigenvalue weighted by molar-refractivity contribution is 5.48. The first-order chi connectivity index (χ1) is 9.29. The van der Waals surface area contributed by atoms with Crippen LogP contribution in [0.5, 0.6) is 0 Å². The lowest BCUT2D eigenvalue weighted by Gasteiger charge is -2.35. The summed E-state index contributed by atoms with van der Waals surface area (Å²) < 4.78 is 0. The Bertz CT molecular complexity index is 414. The zero-order valence-corrected chi connectivity index (χ0v) is 11.3. The van der Waals surface area contributed by atoms with Gasteiger partial charge in [-0.3, -0.25) is 4.90 Å². The van der Waals surface area contributed by atoms with Crippen LogP contribution in [0.25, 0.3) is 0 Å². The van der Waals surface area contributed by atoms with Gasteiger partial charge in [0.05, 0.1) is 18.0 Å². The quantitative estimate of drug-likeness (QED) is 0.811. The minimum Gasteiger partial charge on any atom is -0.384 e. The summed E-state index contributed by atoms with van der Waals surface area (Å²) in [4.78, 5) is 8.95. The Hall–Kier alpha value is -1.80. The molecule has 1 saturated heterocycles. The van der Waals surface area contributed by atoms with Gasteiger partial charge in [0.15, 0.2) is 0 Å². The van der Waals surface area contributed by atoms with Crippen LogP contribution in [0.2, 0.25) is 0 Å². The fourth-order valence-electron chi connectivity index (χ4n) is 2.35. The lowest BCUT2D eigenvalue weighted by molar-refractivity contribution is 0.253. The summed E-state index contributed by atoms with van der Waals surface area (Å²) in [7, 11) is 0. The van der Waals surface area contributed by atoms with Crippen molar-refractivity contribution in [1.82, 2.24) is 9.88 Å². The molecule has 2 heterocycles. The lowest BCUT2D eigenvalue weighted by Crippen LogP contribution is -2.46. The normalized spacial score (nSPS) is 16.3. The molecule has 0 amide bonds. The topological polar surface area (TPSA) is 69.2 Å². The zero-order valence-electron chi connectivity index (χ0n) is 11.3. The maximum absolute atomic E-state index is 8.50. The summed E-state index contributed by atoms with van der Waals surface area (Å²) in [6.45, 7) is 5.33. The van der Waals surface area contributed by atoms with Crippen LogP contribution in [0.3, 0.4) is 0 Å². The second-order valence-corrected chi connectivity index (χ2v) is 4.89. The molecule has 5 heteroatoms. The maximum atomic E-state index is 8.50. The number of aromatic nitrogens is 1. The molecule has 5 nitrogen and oxygen atoms in total. The van der Waals surface area contributed by atoms with Crippen LogP contribution in [-0.4, -0.2) is 42.6 Å². The van der Waals surface area contributed by atoms with Gasteiger partial charge in [0.2, 0.25) is 0 Å². The predicted molar refractivity (Wildman–Crippen MR) is 76.8 cm³/mol. The number of hydrogen-bond acceptors (Lipinski definition) is 5. The van der Waals surface area contributed by atoms with Crippen molar-refractivity contribution in [3.8, 4) is 6.07 Å². The smallest absolute Gasteiger partial charge is 0.123 e. The van der Waals surface area contributed by atoms with Crippen LogP contribution in [0.4, 0.5) is 11.5 Å². The third-order valence-corrected chi connectivity index (χ3v) is 3.52. The summed E-state index contributed by atoms with van der Waals surface area (Å²) in [6, 6.07) is 6.08. The minimum atomic E-state index is 0.569. The van der Waals surface area contributed by atoms with Gasteiger partial charge in [-0.25, -0.2) is 4.98 Å². The van der Waals surface area contributed by atoms with Crippen molar-refractivity contribution >= 4 is 11.5 Å². The molecule has 2 rings (SSSR count). The number of rotatable bonds is 5. The van der Waals surface area contributed by atoms with Gasteiger partial charge in [-0.05, 0) is 31.5 Å². The van der Waals surface area contributed by atoms with E-state index in [0.717, 1.165) is 51.3 Å². The first kappa shape index (κ1) is 13.6. The Kier molecular flexibility index (Phi) is 4.99. The molecule has 1 fully saturated rings. The highest BCUT2D eigenvalue weighted by atomic mass is 15.3. The van der Waals surface area contributed by atoms with Crippen molar-refractivity contribution < 1.29 is 0 Å². The number of nitriles is 1. The molecule has 0 aliphatic carbocycles. The summed E-state index contributed by atoms with van der Waals surface area (Å²) >= 11 is 0. The number of nitrogens with two attached hydrogens (primary N) is 1. The molecule has 1 aliphatic rings. The minimum absolute atomic E-state index is 0.569. The number of hydrogen-bond donors (Lipinski definition) is 1. The van der Waals surface area contributed by atoms with Crippen LogP contribution in [0.1, 0.15) is 19.3 Å². The molecule has 2 N–H and O–H groups in total. The lowest BCUT2D eigenvalue weighted by atomic mass is 10.2. The van der Waals surface area contributed by atoms with Crippen LogP contribution < -0.4 is 10.6 Å². The van der Waals surface area contributed by atoms with Crippen molar-refractivity contribution in [3.05, 3.63) is 18.3 Å². The van der Waals surface area contributed by atoms with Gasteiger partial charge in [-0.1, -0.05) is 0 Å². The van der Waals surface area contributed by atoms with E-state index in [0.29, 0.717) is 12.2 Å². The van der Waals surface area contributed by atoms with Gasteiger partial charge in [0.1, 0.15) is 5.82 Å². The van der Waals surface area contributed by atoms with E-state index in [1.165, 1.54) is 0 Å². The summed E-state index contributed by atoms with van der Waals surface area (Å²) in [5, 5.41) is 8.50. The Morgan fingerprint density at radius 1 is 1.21 bits per heavy atom. The van der Waals surface area contributed by atoms with Crippen molar-refractivity contribution in [3.63, 3.8) is 0 Å². The molecule has 0 saturated carbocycles. The summed E-state index contributed by atoms with van der Waals surface area (Å²) in [5.74, 6) is 0.569. The largest absolute Gasteiger partial charge is 0.384 e. The Balaban J connectivity index is 1.73. The van der Waals surface area contributed by atoms with Crippen molar-refractivity contribution in [2.24, 2.45) is 0 Å². The highest BCUT2D eigenvalue weighted by Crippen LogP contribution is 2.16. The van der Waals surface area contributed by atoms with Gasteiger partial charge in [0.25, 0.3) is 0 Å². The molecule has 0 unspecified atom stereocenters. The fourth-order valence-corrected chi connectivity index (χ4v) is 2.35. The molecule has 1 aromatic rings. The number of nitrogen functional groups attached to an aromatic ring is 1. The maximum Gasteiger partial charge on any atom is 0.123 e. The zero-order chi connectivity index (χ0) is 13.5. The molecule has 0 aromatic carbocycles. The first-order valence-corrected chi connectivity index (χ1v) is 6.85. The molecule has 0 atom stereocenters. The number of pyridine rings is 1. The van der Waals surface area contributed by atoms with Crippen LogP contribution in [0, 0.1) is 11.3 Å². The van der Waals surface area contributed by atoms with Crippen LogP contribution >= 0.6 is 0 Å². The predicted octanol–water partition coefficient (Wildman–Crippen LogP) is 1.48. The van der Waals surface area contributed by atoms with E-state index in [-0.39, 0.29) is 0 Å². The Labute approximate surface area is 114 Å². The molecule has 1 aromatic heterocycles. The number of unbranched alkanes of at least 4 members (excludes halogenated alkanes) is 2. The van der Waals surface area contributed by atoms with Gasteiger partial charge in [-0.15, -0.1) is 0 Å². The molecule has 19 heavy (non-hydrogen) atoms. The van der Waals surface area contributed by atoms with Crippen molar-refractivity contribution in [2.75, 3.05) is 43.4 Å². The van der Waals surface area contributed by atoms with Gasteiger partial charge in [-0.2, -0.15) is 5.26 Å². The van der Waals surface area contributed by atoms with E-state index in [1.807, 2.05) is 18.3 Å². The van der Waals surface area contributed by atoms with Crippen molar-refractivity contribution in [1.29, 1.82) is 5.26 Å². The third kappa shape index (κ3) is 4.11. The molecule has 102 valence electrons. The molecular formula is C14H21N5. The monoisotopic (exact) mass is 259 g/mol. The van der Waals surface area contributed by atoms with Crippen LogP contribution in [0.15, 0.2) is 18.3 Å². The molecule has 0 radical (unpaired) electrons. The Morgan fingerprint density at radius 2 is 2.00 bits per heavy atom. The highest BCUT2D eigenvalue weighted by Gasteiger charge is 2.16. The van der Waals surface area contributed by atoms with E-state index in [4.69, 9.17) is 11.0 Å². The molecule has 0 bridgehead atoms. The Morgan fingerprint density at radius 3 is 2.63 bits per heavy atom. The number of anilines is 2. The average Bonchev–Trinajstić information content (AvgIpc) is 2.45. The SMILES string of the molecule is N#CCCCCN1CCN(c2ccc(N)nc2)CC1. The van der Waals surface area contributed by atoms with E-state index in [1.54, 1.807) is 0 Å². The van der Waals surface area contributed by atoms with Gasteiger partial charge < -0.3 is 10.6 Å². The first-order valence-electron chi connectivity index (χ1n) is 6.85. The average molecular weight is 259 g/mol. The van der Waals surface area contributed by atoms with E-state index < -0.39 is 0 Å². The second-order valence-electron chi connectivity index (χ2n) is 4.89. The van der Waals surface area contributed by atoms with E-state index >= 15 is 0 Å². The van der Waals surface area contributed by atoms with E-state index in [9.17, 15) is 0 Å². The number of piperazine rings is 1. The third-order valence-electron chi connectivity index (χ3n) is 3.52. The van der Waals surface area contributed by atoms with Gasteiger partial charge in [0, 0.05) is 32.6 Å². The molecule has 1 aliphatic heterocycles. The van der Waals surface area contributed by atoms with Crippen LogP contribution in [-0.2, 0) is 0 Å². The second kappa shape index (κ2) is 6.95. The molecule has 0 spiro atoms. The summed E-state index contributed by atoms with van der Waals surface area (Å²) in [5.41, 5.74) is 6.75. The van der Waals surface area contributed by atoms with E-state index in [2.05, 4.69) is 20.9 Å². The van der Waals surface area contributed by atoms with Crippen molar-refractivity contribution in [2.45, 2.75) is 19.3 Å². The number of nitrogens with zero attached hydrogens (tertiary/aromatic N) is 4. The standard InChI is InChI=1S/C14H21N5/c15-6-2-1-3-7-18-8-10-19(11-9-18)13-4-5-14(16)17-12-13/h4-5,12H,1-3,7-11H2,(H2,16,17). The fraction of sp³-hybridized carbons (Fsp3) is 0.571.